The highest BCUT2D eigenvalue weighted by molar-refractivity contribution is 4.92. The highest BCUT2D eigenvalue weighted by Gasteiger charge is 2.42. The van der Waals surface area contributed by atoms with Crippen molar-refractivity contribution < 1.29 is 14.2 Å². The molecule has 0 aromatic heterocycles. The van der Waals surface area contributed by atoms with Gasteiger partial charge in [-0.3, -0.25) is 0 Å². The topological polar surface area (TPSA) is 27.7 Å². The van der Waals surface area contributed by atoms with E-state index in [2.05, 4.69) is 69.2 Å². The molecule has 152 valence electrons. The van der Waals surface area contributed by atoms with Crippen molar-refractivity contribution in [2.75, 3.05) is 13.2 Å². The molecule has 0 fully saturated rings. The maximum Gasteiger partial charge on any atom is 0.0680 e. The third-order valence-electron chi connectivity index (χ3n) is 5.88. The Morgan fingerprint density at radius 3 is 1.88 bits per heavy atom. The minimum Gasteiger partial charge on any atom is -0.376 e. The number of rotatable bonds is 14. The van der Waals surface area contributed by atoms with Gasteiger partial charge in [-0.1, -0.05) is 27.7 Å². The molecule has 0 saturated carbocycles. The van der Waals surface area contributed by atoms with Crippen LogP contribution in [0, 0.1) is 5.41 Å². The van der Waals surface area contributed by atoms with E-state index in [1.54, 1.807) is 0 Å². The third kappa shape index (κ3) is 8.88. The Balaban J connectivity index is 4.71. The van der Waals surface area contributed by atoms with Crippen molar-refractivity contribution in [2.45, 2.75) is 125 Å². The molecule has 3 heteroatoms. The zero-order chi connectivity index (χ0) is 19.7. The van der Waals surface area contributed by atoms with Gasteiger partial charge in [0, 0.05) is 6.61 Å². The van der Waals surface area contributed by atoms with Gasteiger partial charge < -0.3 is 14.2 Å². The molecule has 3 atom stereocenters. The molecule has 0 spiro atoms. The van der Waals surface area contributed by atoms with E-state index in [-0.39, 0.29) is 22.7 Å². The van der Waals surface area contributed by atoms with Gasteiger partial charge in [0.1, 0.15) is 0 Å². The summed E-state index contributed by atoms with van der Waals surface area (Å²) in [5.41, 5.74) is -0.244. The second-order valence-corrected chi connectivity index (χ2v) is 9.00. The largest absolute Gasteiger partial charge is 0.376 e. The predicted molar refractivity (Wildman–Crippen MR) is 108 cm³/mol. The van der Waals surface area contributed by atoms with Crippen molar-refractivity contribution in [1.82, 2.24) is 0 Å². The maximum atomic E-state index is 6.40. The normalized spacial score (nSPS) is 18.0. The molecule has 0 aliphatic heterocycles. The first-order chi connectivity index (χ1) is 11.4. The fraction of sp³-hybridized carbons (Fsp3) is 1.00. The van der Waals surface area contributed by atoms with Crippen LogP contribution in [0.3, 0.4) is 0 Å². The highest BCUT2D eigenvalue weighted by Crippen LogP contribution is 2.42. The second-order valence-electron chi connectivity index (χ2n) is 9.00. The van der Waals surface area contributed by atoms with E-state index in [1.807, 2.05) is 0 Å². The Hall–Kier alpha value is -0.120. The van der Waals surface area contributed by atoms with Crippen LogP contribution in [0.15, 0.2) is 0 Å². The molecule has 0 amide bonds. The minimum absolute atomic E-state index is 0.0777. The van der Waals surface area contributed by atoms with Crippen molar-refractivity contribution in [1.29, 1.82) is 0 Å². The molecule has 0 N–H and O–H groups in total. The zero-order valence-electron chi connectivity index (χ0n) is 18.8. The van der Waals surface area contributed by atoms with Crippen LogP contribution in [0.4, 0.5) is 0 Å². The monoisotopic (exact) mass is 358 g/mol. The van der Waals surface area contributed by atoms with Crippen LogP contribution in [0.5, 0.6) is 0 Å². The average Bonchev–Trinajstić information content (AvgIpc) is 2.51. The van der Waals surface area contributed by atoms with E-state index in [4.69, 9.17) is 14.2 Å². The Bertz CT molecular complexity index is 351. The van der Waals surface area contributed by atoms with Gasteiger partial charge in [-0.2, -0.15) is 0 Å². The number of hydrogen-bond donors (Lipinski definition) is 0. The van der Waals surface area contributed by atoms with E-state index in [0.29, 0.717) is 6.10 Å². The summed E-state index contributed by atoms with van der Waals surface area (Å²) in [6.07, 6.45) is 5.66. The first-order valence-corrected chi connectivity index (χ1v) is 10.4. The van der Waals surface area contributed by atoms with E-state index in [9.17, 15) is 0 Å². The summed E-state index contributed by atoms with van der Waals surface area (Å²) in [6.45, 7) is 23.6. The van der Waals surface area contributed by atoms with E-state index >= 15 is 0 Å². The van der Waals surface area contributed by atoms with Crippen LogP contribution < -0.4 is 0 Å². The first-order valence-electron chi connectivity index (χ1n) is 10.4. The molecular formula is C22H46O3. The van der Waals surface area contributed by atoms with E-state index in [0.717, 1.165) is 45.3 Å². The minimum atomic E-state index is -0.199. The molecule has 0 aliphatic carbocycles. The Labute approximate surface area is 158 Å². The van der Waals surface area contributed by atoms with Crippen LogP contribution in [-0.2, 0) is 14.2 Å². The van der Waals surface area contributed by atoms with Crippen molar-refractivity contribution in [3.05, 3.63) is 0 Å². The molecule has 3 unspecified atom stereocenters. The van der Waals surface area contributed by atoms with Crippen LogP contribution >= 0.6 is 0 Å². The van der Waals surface area contributed by atoms with E-state index < -0.39 is 0 Å². The van der Waals surface area contributed by atoms with Crippen LogP contribution in [0.1, 0.15) is 101 Å². The number of hydrogen-bond acceptors (Lipinski definition) is 3. The molecule has 0 bridgehead atoms. The summed E-state index contributed by atoms with van der Waals surface area (Å²) in [6, 6.07) is 0. The smallest absolute Gasteiger partial charge is 0.0680 e. The van der Waals surface area contributed by atoms with Gasteiger partial charge in [0.05, 0.1) is 30.0 Å². The molecule has 0 rings (SSSR count). The molecule has 0 aliphatic rings. The fourth-order valence-electron chi connectivity index (χ4n) is 3.17. The zero-order valence-corrected chi connectivity index (χ0v) is 18.8. The molecule has 25 heavy (non-hydrogen) atoms. The molecule has 3 nitrogen and oxygen atoms in total. The highest BCUT2D eigenvalue weighted by atomic mass is 16.5. The van der Waals surface area contributed by atoms with Crippen LogP contribution in [0.25, 0.3) is 0 Å². The van der Waals surface area contributed by atoms with Gasteiger partial charge in [0.25, 0.3) is 0 Å². The molecule has 0 aromatic carbocycles. The molecule has 0 saturated heterocycles. The Morgan fingerprint density at radius 2 is 1.40 bits per heavy atom. The van der Waals surface area contributed by atoms with Gasteiger partial charge in [-0.15, -0.1) is 0 Å². The second kappa shape index (κ2) is 10.9. The van der Waals surface area contributed by atoms with Crippen molar-refractivity contribution in [2.24, 2.45) is 5.41 Å². The lowest BCUT2D eigenvalue weighted by molar-refractivity contribution is -0.141. The lowest BCUT2D eigenvalue weighted by atomic mass is 9.69. The summed E-state index contributed by atoms with van der Waals surface area (Å²) in [5.74, 6) is 0. The number of ether oxygens (including phenoxy) is 3. The molecule has 0 radical (unpaired) electrons. The van der Waals surface area contributed by atoms with Gasteiger partial charge in [-0.05, 0) is 79.1 Å². The summed E-state index contributed by atoms with van der Waals surface area (Å²) in [4.78, 5) is 0. The van der Waals surface area contributed by atoms with Gasteiger partial charge >= 0.3 is 0 Å². The average molecular weight is 359 g/mol. The van der Waals surface area contributed by atoms with Gasteiger partial charge in [0.2, 0.25) is 0 Å². The standard InChI is InChI=1S/C22H46O3/c1-11-15-23-20(6,7)14-16-24-21(8,9)22(10,13-3)17-19(5)25-18(4)12-2/h18-19H,11-17H2,1-10H3. The van der Waals surface area contributed by atoms with Crippen LogP contribution in [-0.4, -0.2) is 36.6 Å². The Morgan fingerprint density at radius 1 is 0.800 bits per heavy atom. The summed E-state index contributed by atoms with van der Waals surface area (Å²) in [7, 11) is 0. The summed E-state index contributed by atoms with van der Waals surface area (Å²) >= 11 is 0. The SMILES string of the molecule is CCCOC(C)(C)CCOC(C)(C)C(C)(CC)CC(C)OC(C)CC. The van der Waals surface area contributed by atoms with Gasteiger partial charge in [-0.25, -0.2) is 0 Å². The van der Waals surface area contributed by atoms with Crippen molar-refractivity contribution in [3.8, 4) is 0 Å². The summed E-state index contributed by atoms with van der Waals surface area (Å²) < 4.78 is 18.4. The maximum absolute atomic E-state index is 6.40. The third-order valence-corrected chi connectivity index (χ3v) is 5.88. The predicted octanol–water partition coefficient (Wildman–Crippen LogP) is 6.39. The first kappa shape index (κ1) is 24.9. The van der Waals surface area contributed by atoms with Crippen molar-refractivity contribution >= 4 is 0 Å². The quantitative estimate of drug-likeness (QED) is 0.360. The molecule has 0 heterocycles. The lowest BCUT2D eigenvalue weighted by Crippen LogP contribution is -2.46. The summed E-state index contributed by atoms with van der Waals surface area (Å²) in [5, 5.41) is 0. The lowest BCUT2D eigenvalue weighted by Gasteiger charge is -2.45. The van der Waals surface area contributed by atoms with Gasteiger partial charge in [0.15, 0.2) is 0 Å². The van der Waals surface area contributed by atoms with E-state index in [1.165, 1.54) is 0 Å². The molecule has 0 aromatic rings. The van der Waals surface area contributed by atoms with Crippen LogP contribution in [0.2, 0.25) is 0 Å². The molecular weight excluding hydrogens is 312 g/mol. The Kier molecular flexibility index (Phi) is 10.8. The van der Waals surface area contributed by atoms with Crippen molar-refractivity contribution in [3.63, 3.8) is 0 Å². The fourth-order valence-corrected chi connectivity index (χ4v) is 3.17.